The van der Waals surface area contributed by atoms with Crippen LogP contribution in [0.4, 0.5) is 0 Å². The average Bonchev–Trinajstić information content (AvgIpc) is 3.47. The maximum absolute atomic E-state index is 9.73. The monoisotopic (exact) mass is 549 g/mol. The largest absolute Gasteiger partial charge is 0.505 e. The molecule has 9 heteroatoms. The molecule has 0 bridgehead atoms. The summed E-state index contributed by atoms with van der Waals surface area (Å²) in [4.78, 5) is 6.78. The SMILES string of the molecule is Oc1c(Cl)cc(-c2cnc(OCc3ccc(CNC(CN4CCCC4)c4ccccc4)cc3)nn2)cc1Cl. The maximum Gasteiger partial charge on any atom is 0.336 e. The molecule has 0 radical (unpaired) electrons. The van der Waals surface area contributed by atoms with Crippen LogP contribution in [0, 0.1) is 0 Å². The van der Waals surface area contributed by atoms with Gasteiger partial charge in [0.15, 0.2) is 5.75 Å². The third-order valence-electron chi connectivity index (χ3n) is 6.64. The molecule has 1 aromatic heterocycles. The van der Waals surface area contributed by atoms with Gasteiger partial charge >= 0.3 is 6.01 Å². The Morgan fingerprint density at radius 3 is 2.26 bits per heavy atom. The molecule has 7 nitrogen and oxygen atoms in total. The van der Waals surface area contributed by atoms with Gasteiger partial charge in [-0.15, -0.1) is 5.10 Å². The number of benzene rings is 3. The first-order valence-corrected chi connectivity index (χ1v) is 13.4. The highest BCUT2D eigenvalue weighted by molar-refractivity contribution is 6.37. The molecular formula is C29H29Cl2N5O2. The molecule has 4 aromatic rings. The van der Waals surface area contributed by atoms with Crippen LogP contribution < -0.4 is 10.1 Å². The molecule has 1 saturated heterocycles. The van der Waals surface area contributed by atoms with Gasteiger partial charge in [-0.1, -0.05) is 82.9 Å². The van der Waals surface area contributed by atoms with E-state index in [2.05, 4.69) is 80.0 Å². The van der Waals surface area contributed by atoms with Gasteiger partial charge in [-0.2, -0.15) is 0 Å². The highest BCUT2D eigenvalue weighted by Gasteiger charge is 2.18. The van der Waals surface area contributed by atoms with Crippen molar-refractivity contribution in [3.05, 3.63) is 99.7 Å². The van der Waals surface area contributed by atoms with Crippen LogP contribution in [0.5, 0.6) is 11.8 Å². The quantitative estimate of drug-likeness (QED) is 0.249. The van der Waals surface area contributed by atoms with Gasteiger partial charge in [0.25, 0.3) is 0 Å². The minimum Gasteiger partial charge on any atom is -0.505 e. The number of hydrogen-bond donors (Lipinski definition) is 2. The van der Waals surface area contributed by atoms with E-state index in [1.807, 2.05) is 0 Å². The lowest BCUT2D eigenvalue weighted by Crippen LogP contribution is -2.33. The van der Waals surface area contributed by atoms with Crippen LogP contribution in [0.3, 0.4) is 0 Å². The number of aromatic nitrogens is 3. The van der Waals surface area contributed by atoms with Crippen molar-refractivity contribution in [2.75, 3.05) is 19.6 Å². The summed E-state index contributed by atoms with van der Waals surface area (Å²) in [7, 11) is 0. The first-order valence-electron chi connectivity index (χ1n) is 12.6. The number of aromatic hydroxyl groups is 1. The van der Waals surface area contributed by atoms with E-state index in [1.54, 1.807) is 12.1 Å². The van der Waals surface area contributed by atoms with Crippen LogP contribution in [0.15, 0.2) is 72.9 Å². The minimum absolute atomic E-state index is 0.135. The number of ether oxygens (including phenoxy) is 1. The summed E-state index contributed by atoms with van der Waals surface area (Å²) in [6, 6.07) is 22.6. The lowest BCUT2D eigenvalue weighted by atomic mass is 10.1. The Morgan fingerprint density at radius 2 is 1.61 bits per heavy atom. The van der Waals surface area contributed by atoms with E-state index in [4.69, 9.17) is 27.9 Å². The van der Waals surface area contributed by atoms with Crippen molar-refractivity contribution in [1.29, 1.82) is 0 Å². The van der Waals surface area contributed by atoms with E-state index in [0.29, 0.717) is 23.9 Å². The molecule has 1 fully saturated rings. The standard InChI is InChI=1S/C29H29Cl2N5O2/c30-24-14-23(15-25(31)28(24)37)26-17-33-29(35-34-26)38-19-21-10-8-20(9-11-21)16-32-27(18-36-12-4-5-13-36)22-6-2-1-3-7-22/h1-3,6-11,14-15,17,27,32,37H,4-5,12-13,16,18-19H2. The van der Waals surface area contributed by atoms with Crippen molar-refractivity contribution in [1.82, 2.24) is 25.4 Å². The van der Waals surface area contributed by atoms with Gasteiger partial charge in [0.05, 0.1) is 16.2 Å². The fraction of sp³-hybridized carbons (Fsp3) is 0.276. The van der Waals surface area contributed by atoms with Crippen LogP contribution in [-0.4, -0.2) is 44.8 Å². The van der Waals surface area contributed by atoms with Gasteiger partial charge < -0.3 is 20.1 Å². The Hall–Kier alpha value is -3.23. The lowest BCUT2D eigenvalue weighted by molar-refractivity contribution is 0.276. The van der Waals surface area contributed by atoms with E-state index in [9.17, 15) is 5.11 Å². The number of phenols is 1. The second kappa shape index (κ2) is 12.5. The summed E-state index contributed by atoms with van der Waals surface area (Å²) in [6.45, 7) is 4.50. The number of nitrogens with one attached hydrogen (secondary N) is 1. The second-order valence-electron chi connectivity index (χ2n) is 9.37. The molecule has 2 N–H and O–H groups in total. The molecule has 1 aliphatic heterocycles. The highest BCUT2D eigenvalue weighted by Crippen LogP contribution is 2.35. The first kappa shape index (κ1) is 26.4. The molecule has 1 atom stereocenters. The number of phenolic OH excluding ortho intramolecular Hbond substituents is 1. The Kier molecular flexibility index (Phi) is 8.71. The van der Waals surface area contributed by atoms with Crippen LogP contribution in [0.25, 0.3) is 11.3 Å². The van der Waals surface area contributed by atoms with Crippen molar-refractivity contribution in [2.45, 2.75) is 32.0 Å². The van der Waals surface area contributed by atoms with Crippen molar-refractivity contribution in [3.63, 3.8) is 0 Å². The summed E-state index contributed by atoms with van der Waals surface area (Å²) >= 11 is 12.0. The van der Waals surface area contributed by atoms with Gasteiger partial charge in [0, 0.05) is 24.7 Å². The molecular weight excluding hydrogens is 521 g/mol. The number of likely N-dealkylation sites (tertiary alicyclic amines) is 1. The number of halogens is 2. The second-order valence-corrected chi connectivity index (χ2v) is 10.2. The van der Waals surface area contributed by atoms with Gasteiger partial charge in [-0.3, -0.25) is 0 Å². The molecule has 5 rings (SSSR count). The first-order chi connectivity index (χ1) is 18.5. The number of rotatable bonds is 10. The van der Waals surface area contributed by atoms with Crippen LogP contribution in [0.2, 0.25) is 10.0 Å². The highest BCUT2D eigenvalue weighted by atomic mass is 35.5. The molecule has 38 heavy (non-hydrogen) atoms. The van der Waals surface area contributed by atoms with E-state index >= 15 is 0 Å². The van der Waals surface area contributed by atoms with E-state index in [0.717, 1.165) is 18.7 Å². The predicted octanol–water partition coefficient (Wildman–Crippen LogP) is 6.06. The van der Waals surface area contributed by atoms with E-state index < -0.39 is 0 Å². The van der Waals surface area contributed by atoms with Crippen molar-refractivity contribution in [2.24, 2.45) is 0 Å². The Labute approximate surface area is 232 Å². The fourth-order valence-corrected chi connectivity index (χ4v) is 5.00. The van der Waals surface area contributed by atoms with Crippen molar-refractivity contribution in [3.8, 4) is 23.0 Å². The number of nitrogens with zero attached hydrogens (tertiary/aromatic N) is 4. The molecule has 0 amide bonds. The third-order valence-corrected chi connectivity index (χ3v) is 7.21. The lowest BCUT2D eigenvalue weighted by Gasteiger charge is -2.25. The normalized spacial score (nSPS) is 14.5. The zero-order chi connectivity index (χ0) is 26.3. The summed E-state index contributed by atoms with van der Waals surface area (Å²) in [5.74, 6) is -0.169. The molecule has 0 aliphatic carbocycles. The topological polar surface area (TPSA) is 83.4 Å². The Morgan fingerprint density at radius 1 is 0.921 bits per heavy atom. The zero-order valence-electron chi connectivity index (χ0n) is 20.9. The Bertz CT molecular complexity index is 1310. The van der Waals surface area contributed by atoms with Crippen LogP contribution in [0.1, 0.15) is 35.6 Å². The molecule has 196 valence electrons. The van der Waals surface area contributed by atoms with E-state index in [1.165, 1.54) is 43.3 Å². The van der Waals surface area contributed by atoms with Gasteiger partial charge in [-0.05, 0) is 54.8 Å². The fourth-order valence-electron chi connectivity index (χ4n) is 4.52. The number of hydrogen-bond acceptors (Lipinski definition) is 7. The molecule has 1 aliphatic rings. The van der Waals surface area contributed by atoms with Crippen molar-refractivity contribution < 1.29 is 9.84 Å². The minimum atomic E-state index is -0.169. The van der Waals surface area contributed by atoms with Gasteiger partial charge in [0.2, 0.25) is 0 Å². The van der Waals surface area contributed by atoms with Crippen LogP contribution in [-0.2, 0) is 13.2 Å². The Balaban J connectivity index is 1.15. The van der Waals surface area contributed by atoms with Gasteiger partial charge in [-0.25, -0.2) is 4.98 Å². The molecule has 3 aromatic carbocycles. The smallest absolute Gasteiger partial charge is 0.336 e. The summed E-state index contributed by atoms with van der Waals surface area (Å²) in [6.07, 6.45) is 4.11. The molecule has 0 saturated carbocycles. The zero-order valence-corrected chi connectivity index (χ0v) is 22.4. The average molecular weight is 550 g/mol. The van der Waals surface area contributed by atoms with E-state index in [-0.39, 0.29) is 21.8 Å². The van der Waals surface area contributed by atoms with Crippen LogP contribution >= 0.6 is 23.2 Å². The summed E-state index contributed by atoms with van der Waals surface area (Å²) in [5, 5.41) is 21.9. The van der Waals surface area contributed by atoms with Gasteiger partial charge in [0.1, 0.15) is 12.3 Å². The third kappa shape index (κ3) is 6.79. The maximum atomic E-state index is 9.73. The molecule has 1 unspecified atom stereocenters. The predicted molar refractivity (Wildman–Crippen MR) is 149 cm³/mol. The summed E-state index contributed by atoms with van der Waals surface area (Å²) in [5.41, 5.74) is 4.61. The summed E-state index contributed by atoms with van der Waals surface area (Å²) < 4.78 is 5.72. The molecule has 0 spiro atoms. The van der Waals surface area contributed by atoms with Crippen molar-refractivity contribution >= 4 is 23.2 Å². The molecule has 2 heterocycles.